The summed E-state index contributed by atoms with van der Waals surface area (Å²) in [4.78, 5) is 7.95. The van der Waals surface area contributed by atoms with Crippen molar-refractivity contribution in [1.82, 2.24) is 9.97 Å². The molecular formula is C15H9ClN2. The van der Waals surface area contributed by atoms with Crippen LogP contribution in [0.15, 0.2) is 48.7 Å². The predicted octanol–water partition coefficient (Wildman–Crippen LogP) is 4.52. The third-order valence-electron chi connectivity index (χ3n) is 3.31. The summed E-state index contributed by atoms with van der Waals surface area (Å²) < 4.78 is 0. The minimum atomic E-state index is 0.747. The number of para-hydroxylation sites is 1. The lowest BCUT2D eigenvalue weighted by atomic mass is 10.1. The summed E-state index contributed by atoms with van der Waals surface area (Å²) in [6, 6.07) is 14.0. The van der Waals surface area contributed by atoms with Crippen molar-refractivity contribution >= 4 is 44.3 Å². The van der Waals surface area contributed by atoms with Gasteiger partial charge in [0.05, 0.1) is 11.0 Å². The molecule has 1 N–H and O–H groups in total. The lowest BCUT2D eigenvalue weighted by Gasteiger charge is -1.97. The molecule has 0 aliphatic heterocycles. The number of aromatic amines is 1. The standard InChI is InChI=1S/C15H9ClN2/c16-9-5-6-14-11(7-9)12-8-17-13-4-2-1-3-10(13)15(12)18-14/h1-8,18H. The van der Waals surface area contributed by atoms with Gasteiger partial charge in [-0.05, 0) is 24.3 Å². The van der Waals surface area contributed by atoms with Crippen molar-refractivity contribution < 1.29 is 0 Å². The monoisotopic (exact) mass is 252 g/mol. The number of hydrogen-bond acceptors (Lipinski definition) is 1. The van der Waals surface area contributed by atoms with Gasteiger partial charge in [0.25, 0.3) is 0 Å². The maximum absolute atomic E-state index is 6.06. The highest BCUT2D eigenvalue weighted by atomic mass is 35.5. The zero-order chi connectivity index (χ0) is 12.1. The number of rotatable bonds is 0. The molecule has 0 bridgehead atoms. The van der Waals surface area contributed by atoms with Gasteiger partial charge in [0, 0.05) is 32.9 Å². The van der Waals surface area contributed by atoms with Gasteiger partial charge in [-0.15, -0.1) is 0 Å². The highest BCUT2D eigenvalue weighted by molar-refractivity contribution is 6.32. The van der Waals surface area contributed by atoms with Crippen LogP contribution >= 0.6 is 11.6 Å². The van der Waals surface area contributed by atoms with Gasteiger partial charge in [-0.25, -0.2) is 0 Å². The minimum absolute atomic E-state index is 0.747. The molecule has 0 unspecified atom stereocenters. The van der Waals surface area contributed by atoms with Gasteiger partial charge in [0.1, 0.15) is 0 Å². The molecule has 4 rings (SSSR count). The largest absolute Gasteiger partial charge is 0.354 e. The fourth-order valence-corrected chi connectivity index (χ4v) is 2.64. The van der Waals surface area contributed by atoms with E-state index >= 15 is 0 Å². The Kier molecular flexibility index (Phi) is 1.91. The number of halogens is 1. The average molecular weight is 253 g/mol. The van der Waals surface area contributed by atoms with Crippen LogP contribution in [0.3, 0.4) is 0 Å². The summed E-state index contributed by atoms with van der Waals surface area (Å²) in [7, 11) is 0. The SMILES string of the molecule is Clc1ccc2[nH]c3c4ccccc4ncc3c2c1. The Labute approximate surface area is 108 Å². The molecule has 2 heterocycles. The Hall–Kier alpha value is -2.06. The lowest BCUT2D eigenvalue weighted by Crippen LogP contribution is -1.79. The summed E-state index contributed by atoms with van der Waals surface area (Å²) in [5.74, 6) is 0. The molecule has 0 atom stereocenters. The van der Waals surface area contributed by atoms with E-state index in [4.69, 9.17) is 11.6 Å². The van der Waals surface area contributed by atoms with E-state index in [0.29, 0.717) is 0 Å². The number of hydrogen-bond donors (Lipinski definition) is 1. The number of nitrogens with zero attached hydrogens (tertiary/aromatic N) is 1. The molecular weight excluding hydrogens is 244 g/mol. The molecule has 18 heavy (non-hydrogen) atoms. The third kappa shape index (κ3) is 1.27. The van der Waals surface area contributed by atoms with Crippen LogP contribution < -0.4 is 0 Å². The van der Waals surface area contributed by atoms with Gasteiger partial charge >= 0.3 is 0 Å². The van der Waals surface area contributed by atoms with E-state index in [1.54, 1.807) is 0 Å². The maximum atomic E-state index is 6.06. The zero-order valence-electron chi connectivity index (χ0n) is 9.44. The average Bonchev–Trinajstić information content (AvgIpc) is 2.77. The van der Waals surface area contributed by atoms with Crippen molar-refractivity contribution in [2.24, 2.45) is 0 Å². The Morgan fingerprint density at radius 3 is 2.78 bits per heavy atom. The third-order valence-corrected chi connectivity index (χ3v) is 3.54. The second-order valence-electron chi connectivity index (χ2n) is 4.38. The minimum Gasteiger partial charge on any atom is -0.354 e. The van der Waals surface area contributed by atoms with Crippen LogP contribution in [-0.4, -0.2) is 9.97 Å². The molecule has 0 radical (unpaired) electrons. The van der Waals surface area contributed by atoms with Crippen LogP contribution in [0.2, 0.25) is 5.02 Å². The molecule has 0 aliphatic carbocycles. The van der Waals surface area contributed by atoms with E-state index in [-0.39, 0.29) is 0 Å². The predicted molar refractivity (Wildman–Crippen MR) is 76.1 cm³/mol. The van der Waals surface area contributed by atoms with Crippen molar-refractivity contribution in [2.75, 3.05) is 0 Å². The van der Waals surface area contributed by atoms with E-state index in [1.807, 2.05) is 42.6 Å². The number of nitrogens with one attached hydrogen (secondary N) is 1. The van der Waals surface area contributed by atoms with Crippen LogP contribution in [-0.2, 0) is 0 Å². The quantitative estimate of drug-likeness (QED) is 0.490. The van der Waals surface area contributed by atoms with Gasteiger partial charge in [-0.2, -0.15) is 0 Å². The summed E-state index contributed by atoms with van der Waals surface area (Å²) in [5.41, 5.74) is 3.22. The molecule has 0 fully saturated rings. The van der Waals surface area contributed by atoms with Crippen LogP contribution in [0.4, 0.5) is 0 Å². The molecule has 2 nitrogen and oxygen atoms in total. The van der Waals surface area contributed by atoms with Crippen molar-refractivity contribution in [1.29, 1.82) is 0 Å². The molecule has 4 aromatic rings. The molecule has 0 saturated heterocycles. The van der Waals surface area contributed by atoms with Crippen LogP contribution in [0.25, 0.3) is 32.7 Å². The fourth-order valence-electron chi connectivity index (χ4n) is 2.46. The van der Waals surface area contributed by atoms with E-state index in [1.165, 1.54) is 0 Å². The number of H-pyrrole nitrogens is 1. The summed E-state index contributed by atoms with van der Waals surface area (Å²) in [5, 5.41) is 4.13. The van der Waals surface area contributed by atoms with Gasteiger partial charge in [-0.1, -0.05) is 29.8 Å². The fraction of sp³-hybridized carbons (Fsp3) is 0. The first-order valence-electron chi connectivity index (χ1n) is 5.77. The first kappa shape index (κ1) is 9.92. The second kappa shape index (κ2) is 3.47. The van der Waals surface area contributed by atoms with E-state index < -0.39 is 0 Å². The number of benzene rings is 2. The Morgan fingerprint density at radius 1 is 0.944 bits per heavy atom. The number of aromatic nitrogens is 2. The van der Waals surface area contributed by atoms with Crippen molar-refractivity contribution in [3.05, 3.63) is 53.7 Å². The number of fused-ring (bicyclic) bond motifs is 5. The summed E-state index contributed by atoms with van der Waals surface area (Å²) >= 11 is 6.06. The number of pyridine rings is 1. The van der Waals surface area contributed by atoms with Crippen LogP contribution in [0.1, 0.15) is 0 Å². The molecule has 2 aromatic carbocycles. The Bertz CT molecular complexity index is 893. The van der Waals surface area contributed by atoms with Crippen LogP contribution in [0, 0.1) is 0 Å². The summed E-state index contributed by atoms with van der Waals surface area (Å²) in [6.07, 6.45) is 1.91. The molecule has 0 amide bonds. The van der Waals surface area contributed by atoms with Gasteiger partial charge in [-0.3, -0.25) is 4.98 Å². The second-order valence-corrected chi connectivity index (χ2v) is 4.82. The highest BCUT2D eigenvalue weighted by Crippen LogP contribution is 2.31. The molecule has 2 aromatic heterocycles. The van der Waals surface area contributed by atoms with Gasteiger partial charge in [0.15, 0.2) is 0 Å². The van der Waals surface area contributed by atoms with Crippen molar-refractivity contribution in [2.45, 2.75) is 0 Å². The van der Waals surface area contributed by atoms with Gasteiger partial charge < -0.3 is 4.98 Å². The molecule has 3 heteroatoms. The first-order chi connectivity index (χ1) is 8.83. The van der Waals surface area contributed by atoms with Gasteiger partial charge in [0.2, 0.25) is 0 Å². The lowest BCUT2D eigenvalue weighted by molar-refractivity contribution is 1.44. The Morgan fingerprint density at radius 2 is 1.83 bits per heavy atom. The first-order valence-corrected chi connectivity index (χ1v) is 6.15. The normalized spacial score (nSPS) is 11.6. The maximum Gasteiger partial charge on any atom is 0.0723 e. The molecule has 0 saturated carbocycles. The van der Waals surface area contributed by atoms with E-state index in [2.05, 4.69) is 16.0 Å². The van der Waals surface area contributed by atoms with Crippen LogP contribution in [0.5, 0.6) is 0 Å². The zero-order valence-corrected chi connectivity index (χ0v) is 10.2. The Balaban J connectivity index is 2.30. The topological polar surface area (TPSA) is 28.7 Å². The molecule has 0 spiro atoms. The van der Waals surface area contributed by atoms with E-state index in [0.717, 1.165) is 37.7 Å². The van der Waals surface area contributed by atoms with E-state index in [9.17, 15) is 0 Å². The van der Waals surface area contributed by atoms with Crippen molar-refractivity contribution in [3.8, 4) is 0 Å². The highest BCUT2D eigenvalue weighted by Gasteiger charge is 2.08. The summed E-state index contributed by atoms with van der Waals surface area (Å²) in [6.45, 7) is 0. The molecule has 86 valence electrons. The van der Waals surface area contributed by atoms with Crippen molar-refractivity contribution in [3.63, 3.8) is 0 Å². The smallest absolute Gasteiger partial charge is 0.0723 e. The molecule has 0 aliphatic rings.